The van der Waals surface area contributed by atoms with E-state index in [2.05, 4.69) is 9.97 Å². The minimum absolute atomic E-state index is 0.168. The molecule has 0 aliphatic heterocycles. The first-order valence-electron chi connectivity index (χ1n) is 4.84. The highest BCUT2D eigenvalue weighted by Gasteiger charge is 2.10. The van der Waals surface area contributed by atoms with Crippen LogP contribution >= 0.6 is 11.3 Å². The summed E-state index contributed by atoms with van der Waals surface area (Å²) in [6.07, 6.45) is 1.65. The second-order valence-electron chi connectivity index (χ2n) is 3.36. The molecule has 0 aliphatic rings. The molecule has 0 saturated carbocycles. The van der Waals surface area contributed by atoms with Crippen molar-refractivity contribution in [2.75, 3.05) is 0 Å². The topological polar surface area (TPSA) is 46.0 Å². The predicted molar refractivity (Wildman–Crippen MR) is 64.5 cm³/mol. The Kier molecular flexibility index (Phi) is 2.08. The zero-order valence-corrected chi connectivity index (χ0v) is 9.11. The molecule has 0 aliphatic carbocycles. The molecule has 1 aromatic carbocycles. The lowest BCUT2D eigenvalue weighted by molar-refractivity contribution is 0.475. The van der Waals surface area contributed by atoms with E-state index in [0.29, 0.717) is 5.69 Å². The Morgan fingerprint density at radius 3 is 2.75 bits per heavy atom. The summed E-state index contributed by atoms with van der Waals surface area (Å²) in [4.78, 5) is 8.58. The highest BCUT2D eigenvalue weighted by Crippen LogP contribution is 2.32. The van der Waals surface area contributed by atoms with E-state index >= 15 is 0 Å². The van der Waals surface area contributed by atoms with Crippen LogP contribution in [0.3, 0.4) is 0 Å². The molecule has 3 rings (SSSR count). The van der Waals surface area contributed by atoms with Crippen LogP contribution in [0.2, 0.25) is 0 Å². The number of benzene rings is 1. The van der Waals surface area contributed by atoms with Crippen molar-refractivity contribution in [3.8, 4) is 16.5 Å². The van der Waals surface area contributed by atoms with E-state index in [1.54, 1.807) is 18.3 Å². The van der Waals surface area contributed by atoms with Crippen LogP contribution in [0.1, 0.15) is 0 Å². The first-order chi connectivity index (χ1) is 7.84. The monoisotopic (exact) mass is 228 g/mol. The molecule has 0 radical (unpaired) electrons. The number of thiazole rings is 1. The molecule has 0 bridgehead atoms. The van der Waals surface area contributed by atoms with Crippen LogP contribution in [0, 0.1) is 0 Å². The van der Waals surface area contributed by atoms with E-state index in [-0.39, 0.29) is 5.75 Å². The molecule has 78 valence electrons. The second-order valence-corrected chi connectivity index (χ2v) is 4.39. The van der Waals surface area contributed by atoms with Gasteiger partial charge in [0.1, 0.15) is 16.5 Å². The van der Waals surface area contributed by atoms with Crippen LogP contribution in [0.5, 0.6) is 5.75 Å². The van der Waals surface area contributed by atoms with Crippen LogP contribution in [-0.4, -0.2) is 15.1 Å². The van der Waals surface area contributed by atoms with Gasteiger partial charge in [0, 0.05) is 6.20 Å². The van der Waals surface area contributed by atoms with Gasteiger partial charge < -0.3 is 5.11 Å². The molecular formula is C12H8N2OS. The number of nitrogens with zero attached hydrogens (tertiary/aromatic N) is 2. The van der Waals surface area contributed by atoms with Crippen molar-refractivity contribution in [3.05, 3.63) is 42.6 Å². The first kappa shape index (κ1) is 9.30. The van der Waals surface area contributed by atoms with Crippen LogP contribution < -0.4 is 0 Å². The van der Waals surface area contributed by atoms with Gasteiger partial charge in [-0.3, -0.25) is 0 Å². The zero-order chi connectivity index (χ0) is 11.0. The van der Waals surface area contributed by atoms with E-state index in [0.717, 1.165) is 15.2 Å². The molecule has 3 nitrogen and oxygen atoms in total. The van der Waals surface area contributed by atoms with Crippen molar-refractivity contribution in [2.24, 2.45) is 0 Å². The smallest absolute Gasteiger partial charge is 0.146 e. The normalized spacial score (nSPS) is 10.8. The molecule has 3 aromatic rings. The fraction of sp³-hybridized carbons (Fsp3) is 0. The van der Waals surface area contributed by atoms with E-state index < -0.39 is 0 Å². The number of rotatable bonds is 1. The molecular weight excluding hydrogens is 220 g/mol. The molecule has 2 heterocycles. The summed E-state index contributed by atoms with van der Waals surface area (Å²) in [5, 5.41) is 10.4. The average Bonchev–Trinajstić information content (AvgIpc) is 2.73. The van der Waals surface area contributed by atoms with E-state index in [4.69, 9.17) is 0 Å². The number of para-hydroxylation sites is 1. The molecule has 16 heavy (non-hydrogen) atoms. The third-order valence-corrected chi connectivity index (χ3v) is 3.33. The van der Waals surface area contributed by atoms with Crippen molar-refractivity contribution in [1.82, 2.24) is 9.97 Å². The fourth-order valence-electron chi connectivity index (χ4n) is 1.54. The largest absolute Gasteiger partial charge is 0.506 e. The van der Waals surface area contributed by atoms with Gasteiger partial charge in [0.05, 0.1) is 10.2 Å². The van der Waals surface area contributed by atoms with Gasteiger partial charge in [-0.15, -0.1) is 11.3 Å². The Morgan fingerprint density at radius 1 is 1.06 bits per heavy atom. The maximum Gasteiger partial charge on any atom is 0.146 e. The Hall–Kier alpha value is -1.94. The second kappa shape index (κ2) is 3.57. The van der Waals surface area contributed by atoms with Crippen LogP contribution in [0.15, 0.2) is 42.6 Å². The SMILES string of the molecule is Oc1cccnc1-c1nc2ccccc2s1. The molecule has 0 fully saturated rings. The molecule has 0 spiro atoms. The average molecular weight is 228 g/mol. The van der Waals surface area contributed by atoms with Gasteiger partial charge >= 0.3 is 0 Å². The van der Waals surface area contributed by atoms with E-state index in [9.17, 15) is 5.11 Å². The lowest BCUT2D eigenvalue weighted by Gasteiger charge is -1.96. The minimum Gasteiger partial charge on any atom is -0.506 e. The van der Waals surface area contributed by atoms with Crippen molar-refractivity contribution in [3.63, 3.8) is 0 Å². The summed E-state index contributed by atoms with van der Waals surface area (Å²) in [6, 6.07) is 11.2. The summed E-state index contributed by atoms with van der Waals surface area (Å²) in [6.45, 7) is 0. The van der Waals surface area contributed by atoms with Crippen molar-refractivity contribution in [1.29, 1.82) is 0 Å². The molecule has 0 atom stereocenters. The summed E-state index contributed by atoms with van der Waals surface area (Å²) < 4.78 is 1.10. The Bertz CT molecular complexity index is 615. The third-order valence-electron chi connectivity index (χ3n) is 2.28. The van der Waals surface area contributed by atoms with Crippen molar-refractivity contribution in [2.45, 2.75) is 0 Å². The maximum atomic E-state index is 9.69. The van der Waals surface area contributed by atoms with Gasteiger partial charge in [0.2, 0.25) is 0 Å². The Balaban J connectivity index is 2.23. The van der Waals surface area contributed by atoms with Gasteiger partial charge in [-0.25, -0.2) is 9.97 Å². The van der Waals surface area contributed by atoms with Crippen LogP contribution in [0.4, 0.5) is 0 Å². The zero-order valence-electron chi connectivity index (χ0n) is 8.29. The molecule has 0 unspecified atom stereocenters. The quantitative estimate of drug-likeness (QED) is 0.696. The number of pyridine rings is 1. The Labute approximate surface area is 96.0 Å². The van der Waals surface area contributed by atoms with Gasteiger partial charge in [-0.1, -0.05) is 12.1 Å². The van der Waals surface area contributed by atoms with E-state index in [1.807, 2.05) is 24.3 Å². The summed E-state index contributed by atoms with van der Waals surface area (Å²) >= 11 is 1.53. The molecule has 1 N–H and O–H groups in total. The number of hydrogen-bond acceptors (Lipinski definition) is 4. The Morgan fingerprint density at radius 2 is 1.94 bits per heavy atom. The molecule has 2 aromatic heterocycles. The van der Waals surface area contributed by atoms with Crippen molar-refractivity contribution >= 4 is 21.6 Å². The van der Waals surface area contributed by atoms with Gasteiger partial charge in [0.15, 0.2) is 0 Å². The van der Waals surface area contributed by atoms with E-state index in [1.165, 1.54) is 11.3 Å². The first-order valence-corrected chi connectivity index (χ1v) is 5.66. The lowest BCUT2D eigenvalue weighted by atomic mass is 10.3. The molecule has 0 amide bonds. The number of fused-ring (bicyclic) bond motifs is 1. The number of aromatic hydroxyl groups is 1. The van der Waals surface area contributed by atoms with Crippen molar-refractivity contribution < 1.29 is 5.11 Å². The highest BCUT2D eigenvalue weighted by molar-refractivity contribution is 7.21. The fourth-order valence-corrected chi connectivity index (χ4v) is 2.51. The standard InChI is InChI=1S/C12H8N2OS/c15-9-5-3-7-13-11(9)12-14-8-4-1-2-6-10(8)16-12/h1-7,15H. The third kappa shape index (κ3) is 1.44. The van der Waals surface area contributed by atoms with Gasteiger partial charge in [-0.2, -0.15) is 0 Å². The number of hydrogen-bond donors (Lipinski definition) is 1. The van der Waals surface area contributed by atoms with Crippen LogP contribution in [-0.2, 0) is 0 Å². The molecule has 4 heteroatoms. The maximum absolute atomic E-state index is 9.69. The molecule has 0 saturated heterocycles. The summed E-state index contributed by atoms with van der Waals surface area (Å²) in [5.41, 5.74) is 1.48. The summed E-state index contributed by atoms with van der Waals surface area (Å²) in [7, 11) is 0. The number of aromatic nitrogens is 2. The predicted octanol–water partition coefficient (Wildman–Crippen LogP) is 3.06. The summed E-state index contributed by atoms with van der Waals surface area (Å²) in [5.74, 6) is 0.168. The van der Waals surface area contributed by atoms with Gasteiger partial charge in [-0.05, 0) is 24.3 Å². The van der Waals surface area contributed by atoms with Crippen LogP contribution in [0.25, 0.3) is 20.9 Å². The minimum atomic E-state index is 0.168. The van der Waals surface area contributed by atoms with Gasteiger partial charge in [0.25, 0.3) is 0 Å². The lowest BCUT2D eigenvalue weighted by Crippen LogP contribution is -1.81. The highest BCUT2D eigenvalue weighted by atomic mass is 32.1.